The molecule has 0 aliphatic heterocycles. The third-order valence-electron chi connectivity index (χ3n) is 2.72. The number of carbonyl (C=O) groups excluding carboxylic acids is 2. The van der Waals surface area contributed by atoms with Crippen molar-refractivity contribution < 1.29 is 19.1 Å². The lowest BCUT2D eigenvalue weighted by Gasteiger charge is -2.12. The van der Waals surface area contributed by atoms with Crippen molar-refractivity contribution in [3.8, 4) is 0 Å². The lowest BCUT2D eigenvalue weighted by atomic mass is 10.1. The van der Waals surface area contributed by atoms with E-state index < -0.39 is 11.9 Å². The van der Waals surface area contributed by atoms with E-state index in [0.29, 0.717) is 17.7 Å². The smallest absolute Gasteiger partial charge is 0.340 e. The Morgan fingerprint density at radius 3 is 2.52 bits per heavy atom. The van der Waals surface area contributed by atoms with Crippen LogP contribution in [-0.4, -0.2) is 25.2 Å². The Bertz CT molecular complexity index is 497. The van der Waals surface area contributed by atoms with Crippen molar-refractivity contribution in [2.24, 2.45) is 5.92 Å². The van der Waals surface area contributed by atoms with E-state index >= 15 is 0 Å². The molecule has 0 N–H and O–H groups in total. The molecule has 0 radical (unpaired) electrons. The third kappa shape index (κ3) is 5.50. The van der Waals surface area contributed by atoms with E-state index in [1.807, 2.05) is 20.8 Å². The van der Waals surface area contributed by atoms with Crippen LogP contribution in [0, 0.1) is 5.92 Å². The van der Waals surface area contributed by atoms with Gasteiger partial charge >= 0.3 is 11.9 Å². The van der Waals surface area contributed by atoms with Crippen LogP contribution in [0.1, 0.15) is 54.3 Å². The highest BCUT2D eigenvalue weighted by Crippen LogP contribution is 2.23. The summed E-state index contributed by atoms with van der Waals surface area (Å²) >= 11 is 3.30. The Kier molecular flexibility index (Phi) is 7.43. The van der Waals surface area contributed by atoms with Crippen molar-refractivity contribution in [3.05, 3.63) is 33.8 Å². The summed E-state index contributed by atoms with van der Waals surface area (Å²) in [5, 5.41) is 0. The number of carbonyl (C=O) groups is 2. The molecule has 4 nitrogen and oxygen atoms in total. The van der Waals surface area contributed by atoms with E-state index in [2.05, 4.69) is 15.9 Å². The predicted molar refractivity (Wildman–Crippen MR) is 84.5 cm³/mol. The zero-order valence-corrected chi connectivity index (χ0v) is 14.2. The fourth-order valence-corrected chi connectivity index (χ4v) is 2.13. The van der Waals surface area contributed by atoms with E-state index in [1.165, 1.54) is 0 Å². The van der Waals surface area contributed by atoms with Crippen LogP contribution in [-0.2, 0) is 9.47 Å². The molecule has 0 spiro atoms. The summed E-state index contributed by atoms with van der Waals surface area (Å²) in [4.78, 5) is 24.2. The largest absolute Gasteiger partial charge is 0.462 e. The molecule has 1 aromatic carbocycles. The minimum Gasteiger partial charge on any atom is -0.462 e. The molecular formula is C16H21BrO4. The Hall–Kier alpha value is -1.36. The summed E-state index contributed by atoms with van der Waals surface area (Å²) in [6, 6.07) is 4.97. The van der Waals surface area contributed by atoms with Gasteiger partial charge in [0.2, 0.25) is 0 Å². The molecule has 1 rings (SSSR count). The predicted octanol–water partition coefficient (Wildman–Crippen LogP) is 4.22. The summed E-state index contributed by atoms with van der Waals surface area (Å²) in [5.41, 5.74) is 0.453. The van der Waals surface area contributed by atoms with E-state index in [0.717, 1.165) is 12.8 Å². The Balaban J connectivity index is 2.92. The summed E-state index contributed by atoms with van der Waals surface area (Å²) in [6.07, 6.45) is 1.74. The number of ether oxygens (including phenoxy) is 2. The van der Waals surface area contributed by atoms with Gasteiger partial charge in [0, 0.05) is 4.47 Å². The second-order valence-electron chi connectivity index (χ2n) is 5.14. The van der Waals surface area contributed by atoms with Crippen molar-refractivity contribution in [1.29, 1.82) is 0 Å². The molecule has 5 heteroatoms. The minimum atomic E-state index is -0.515. The zero-order chi connectivity index (χ0) is 15.8. The van der Waals surface area contributed by atoms with Gasteiger partial charge in [-0.15, -0.1) is 0 Å². The standard InChI is InChI=1S/C16H21BrO4/c1-4-5-9-20-15(18)12-7-6-8-13(17)14(12)16(19)21-10-11(2)3/h6-8,11H,4-5,9-10H2,1-3H3. The molecule has 0 aliphatic carbocycles. The fraction of sp³-hybridized carbons (Fsp3) is 0.500. The number of rotatable bonds is 7. The average molecular weight is 357 g/mol. The van der Waals surface area contributed by atoms with Gasteiger partial charge in [-0.25, -0.2) is 9.59 Å². The van der Waals surface area contributed by atoms with Gasteiger partial charge in [0.05, 0.1) is 24.3 Å². The van der Waals surface area contributed by atoms with Crippen LogP contribution < -0.4 is 0 Å². The van der Waals surface area contributed by atoms with Crippen LogP contribution in [0.2, 0.25) is 0 Å². The molecule has 0 amide bonds. The molecule has 21 heavy (non-hydrogen) atoms. The minimum absolute atomic E-state index is 0.222. The molecule has 0 aromatic heterocycles. The Labute approximate surface area is 133 Å². The second-order valence-corrected chi connectivity index (χ2v) is 6.00. The first kappa shape index (κ1) is 17.7. The van der Waals surface area contributed by atoms with Gasteiger partial charge in [0.1, 0.15) is 0 Å². The van der Waals surface area contributed by atoms with E-state index in [4.69, 9.17) is 9.47 Å². The zero-order valence-electron chi connectivity index (χ0n) is 12.6. The molecule has 0 heterocycles. The number of benzene rings is 1. The first-order chi connectivity index (χ1) is 9.97. The number of halogens is 1. The Morgan fingerprint density at radius 1 is 1.19 bits per heavy atom. The summed E-state index contributed by atoms with van der Waals surface area (Å²) in [6.45, 7) is 6.58. The molecule has 116 valence electrons. The maximum Gasteiger partial charge on any atom is 0.340 e. The highest BCUT2D eigenvalue weighted by Gasteiger charge is 2.22. The molecule has 0 unspecified atom stereocenters. The maximum atomic E-state index is 12.2. The molecular weight excluding hydrogens is 336 g/mol. The third-order valence-corrected chi connectivity index (χ3v) is 3.38. The first-order valence-electron chi connectivity index (χ1n) is 7.10. The van der Waals surface area contributed by atoms with Gasteiger partial charge in [-0.05, 0) is 40.4 Å². The number of unbranched alkanes of at least 4 members (excludes halogenated alkanes) is 1. The monoisotopic (exact) mass is 356 g/mol. The van der Waals surface area contributed by atoms with Crippen LogP contribution in [0.25, 0.3) is 0 Å². The van der Waals surface area contributed by atoms with Gasteiger partial charge in [-0.1, -0.05) is 33.3 Å². The van der Waals surface area contributed by atoms with Gasteiger partial charge < -0.3 is 9.47 Å². The highest BCUT2D eigenvalue weighted by molar-refractivity contribution is 9.10. The SMILES string of the molecule is CCCCOC(=O)c1cccc(Br)c1C(=O)OCC(C)C. The van der Waals surface area contributed by atoms with Crippen molar-refractivity contribution >= 4 is 27.9 Å². The number of hydrogen-bond donors (Lipinski definition) is 0. The van der Waals surface area contributed by atoms with Gasteiger partial charge in [-0.2, -0.15) is 0 Å². The lowest BCUT2D eigenvalue weighted by molar-refractivity contribution is 0.0427. The Morgan fingerprint density at radius 2 is 1.90 bits per heavy atom. The number of hydrogen-bond acceptors (Lipinski definition) is 4. The van der Waals surface area contributed by atoms with Crippen molar-refractivity contribution in [1.82, 2.24) is 0 Å². The molecule has 0 saturated carbocycles. The van der Waals surface area contributed by atoms with Crippen molar-refractivity contribution in [3.63, 3.8) is 0 Å². The quantitative estimate of drug-likeness (QED) is 0.542. The molecule has 0 bridgehead atoms. The van der Waals surface area contributed by atoms with Crippen molar-refractivity contribution in [2.75, 3.05) is 13.2 Å². The van der Waals surface area contributed by atoms with Crippen LogP contribution in [0.4, 0.5) is 0 Å². The van der Waals surface area contributed by atoms with Crippen molar-refractivity contribution in [2.45, 2.75) is 33.6 Å². The molecule has 0 atom stereocenters. The summed E-state index contributed by atoms with van der Waals surface area (Å²) in [7, 11) is 0. The van der Waals surface area contributed by atoms with E-state index in [-0.39, 0.29) is 17.0 Å². The van der Waals surface area contributed by atoms with Gasteiger partial charge in [0.15, 0.2) is 0 Å². The molecule has 0 saturated heterocycles. The first-order valence-corrected chi connectivity index (χ1v) is 7.89. The summed E-state index contributed by atoms with van der Waals surface area (Å²) in [5.74, 6) is -0.781. The lowest BCUT2D eigenvalue weighted by Crippen LogP contribution is -2.17. The van der Waals surface area contributed by atoms with Crippen LogP contribution >= 0.6 is 15.9 Å². The fourth-order valence-electron chi connectivity index (χ4n) is 1.60. The van der Waals surface area contributed by atoms with E-state index in [9.17, 15) is 9.59 Å². The van der Waals surface area contributed by atoms with E-state index in [1.54, 1.807) is 18.2 Å². The van der Waals surface area contributed by atoms with Gasteiger partial charge in [-0.3, -0.25) is 0 Å². The second kappa shape index (κ2) is 8.82. The normalized spacial score (nSPS) is 10.5. The van der Waals surface area contributed by atoms with Crippen LogP contribution in [0.15, 0.2) is 22.7 Å². The highest BCUT2D eigenvalue weighted by atomic mass is 79.9. The van der Waals surface area contributed by atoms with Crippen LogP contribution in [0.5, 0.6) is 0 Å². The molecule has 1 aromatic rings. The van der Waals surface area contributed by atoms with Gasteiger partial charge in [0.25, 0.3) is 0 Å². The average Bonchev–Trinajstić information content (AvgIpc) is 2.44. The number of esters is 2. The van der Waals surface area contributed by atoms with Crippen LogP contribution in [0.3, 0.4) is 0 Å². The summed E-state index contributed by atoms with van der Waals surface area (Å²) < 4.78 is 10.9. The molecule has 0 fully saturated rings. The topological polar surface area (TPSA) is 52.6 Å². The molecule has 0 aliphatic rings. The maximum absolute atomic E-state index is 12.2.